The van der Waals surface area contributed by atoms with Crippen LogP contribution in [0.3, 0.4) is 0 Å². The second-order valence-corrected chi connectivity index (χ2v) is 3.70. The predicted molar refractivity (Wildman–Crippen MR) is 81.0 cm³/mol. The molecule has 0 saturated carbocycles. The highest BCUT2D eigenvalue weighted by atomic mass is 16.5. The number of benzene rings is 2. The fourth-order valence-electron chi connectivity index (χ4n) is 1.61. The zero-order valence-corrected chi connectivity index (χ0v) is 11.9. The van der Waals surface area contributed by atoms with E-state index >= 15 is 0 Å². The Labute approximate surface area is 119 Å². The van der Waals surface area contributed by atoms with E-state index in [0.29, 0.717) is 5.69 Å². The summed E-state index contributed by atoms with van der Waals surface area (Å²) >= 11 is 0. The number of hydrogen-bond acceptors (Lipinski definition) is 3. The molecule has 20 heavy (non-hydrogen) atoms. The third-order valence-electron chi connectivity index (χ3n) is 2.53. The molecule has 0 radical (unpaired) electrons. The lowest BCUT2D eigenvalue weighted by atomic mass is 10.1. The van der Waals surface area contributed by atoms with Crippen molar-refractivity contribution in [1.29, 1.82) is 0 Å². The van der Waals surface area contributed by atoms with Crippen LogP contribution in [0.4, 0.5) is 11.4 Å². The molecule has 2 aromatic carbocycles. The lowest BCUT2D eigenvalue weighted by molar-refractivity contribution is 0.0698. The molecule has 0 fully saturated rings. The van der Waals surface area contributed by atoms with Crippen LogP contribution in [-0.2, 0) is 0 Å². The summed E-state index contributed by atoms with van der Waals surface area (Å²) in [5.74, 6) is -0.196. The maximum absolute atomic E-state index is 11.1. The van der Waals surface area contributed by atoms with E-state index in [4.69, 9.17) is 9.84 Å². The SMILES string of the molecule is CC.COc1ccc(Nc2ccccc2C(=O)O)cc1. The van der Waals surface area contributed by atoms with E-state index in [9.17, 15) is 4.79 Å². The van der Waals surface area contributed by atoms with Gasteiger partial charge in [-0.05, 0) is 36.4 Å². The third-order valence-corrected chi connectivity index (χ3v) is 2.53. The molecule has 0 unspecified atom stereocenters. The highest BCUT2D eigenvalue weighted by molar-refractivity contribution is 5.95. The van der Waals surface area contributed by atoms with Crippen LogP contribution >= 0.6 is 0 Å². The smallest absolute Gasteiger partial charge is 0.337 e. The van der Waals surface area contributed by atoms with Gasteiger partial charge in [-0.3, -0.25) is 0 Å². The molecule has 0 heterocycles. The van der Waals surface area contributed by atoms with E-state index in [0.717, 1.165) is 11.4 Å². The third kappa shape index (κ3) is 4.02. The van der Waals surface area contributed by atoms with Crippen LogP contribution < -0.4 is 10.1 Å². The maximum atomic E-state index is 11.1. The molecule has 0 aromatic heterocycles. The summed E-state index contributed by atoms with van der Waals surface area (Å²) in [6.45, 7) is 4.00. The Morgan fingerprint density at radius 2 is 1.65 bits per heavy atom. The quantitative estimate of drug-likeness (QED) is 0.878. The second-order valence-electron chi connectivity index (χ2n) is 3.70. The van der Waals surface area contributed by atoms with Gasteiger partial charge in [-0.15, -0.1) is 0 Å². The summed E-state index contributed by atoms with van der Waals surface area (Å²) in [6.07, 6.45) is 0. The highest BCUT2D eigenvalue weighted by Gasteiger charge is 2.08. The number of carboxylic acids is 1. The number of carboxylic acid groups (broad SMARTS) is 1. The molecule has 2 rings (SSSR count). The van der Waals surface area contributed by atoms with E-state index in [2.05, 4.69) is 5.32 Å². The Bertz CT molecular complexity index is 550. The van der Waals surface area contributed by atoms with Gasteiger partial charge in [0.15, 0.2) is 0 Å². The monoisotopic (exact) mass is 273 g/mol. The number of methoxy groups -OCH3 is 1. The van der Waals surface area contributed by atoms with Gasteiger partial charge in [-0.2, -0.15) is 0 Å². The summed E-state index contributed by atoms with van der Waals surface area (Å²) in [5, 5.41) is 12.1. The number of aromatic carboxylic acids is 1. The Hall–Kier alpha value is -2.49. The molecule has 0 atom stereocenters. The minimum Gasteiger partial charge on any atom is -0.497 e. The number of para-hydroxylation sites is 1. The Balaban J connectivity index is 0.000000956. The molecule has 2 aromatic rings. The number of hydrogen-bond donors (Lipinski definition) is 2. The number of rotatable bonds is 4. The van der Waals surface area contributed by atoms with E-state index in [1.807, 2.05) is 38.1 Å². The van der Waals surface area contributed by atoms with Crippen molar-refractivity contribution in [3.05, 3.63) is 54.1 Å². The molecule has 0 saturated heterocycles. The molecule has 0 aliphatic rings. The molecule has 2 N–H and O–H groups in total. The predicted octanol–water partition coefficient (Wildman–Crippen LogP) is 4.16. The summed E-state index contributed by atoms with van der Waals surface area (Å²) in [7, 11) is 1.60. The first-order chi connectivity index (χ1) is 9.70. The van der Waals surface area contributed by atoms with Crippen LogP contribution in [0.5, 0.6) is 5.75 Å². The van der Waals surface area contributed by atoms with Crippen LogP contribution in [-0.4, -0.2) is 18.2 Å². The standard InChI is InChI=1S/C14H13NO3.C2H6/c1-18-11-8-6-10(7-9-11)15-13-5-3-2-4-12(13)14(16)17;1-2/h2-9,15H,1H3,(H,16,17);1-2H3. The first kappa shape index (κ1) is 15.6. The van der Waals surface area contributed by atoms with Crippen molar-refractivity contribution in [2.75, 3.05) is 12.4 Å². The van der Waals surface area contributed by atoms with Gasteiger partial charge in [-0.1, -0.05) is 26.0 Å². The minimum atomic E-state index is -0.952. The molecule has 0 spiro atoms. The van der Waals surface area contributed by atoms with Crippen molar-refractivity contribution >= 4 is 17.3 Å². The van der Waals surface area contributed by atoms with Gasteiger partial charge in [0, 0.05) is 5.69 Å². The summed E-state index contributed by atoms with van der Waals surface area (Å²) in [5.41, 5.74) is 1.62. The van der Waals surface area contributed by atoms with Crippen molar-refractivity contribution in [3.8, 4) is 5.75 Å². The van der Waals surface area contributed by atoms with Crippen LogP contribution in [0.25, 0.3) is 0 Å². The summed E-state index contributed by atoms with van der Waals surface area (Å²) < 4.78 is 5.06. The fourth-order valence-corrected chi connectivity index (χ4v) is 1.61. The van der Waals surface area contributed by atoms with Gasteiger partial charge >= 0.3 is 5.97 Å². The first-order valence-corrected chi connectivity index (χ1v) is 6.44. The van der Waals surface area contributed by atoms with Gasteiger partial charge in [0.2, 0.25) is 0 Å². The topological polar surface area (TPSA) is 58.6 Å². The number of ether oxygens (including phenoxy) is 1. The van der Waals surface area contributed by atoms with Gasteiger partial charge in [0.1, 0.15) is 5.75 Å². The van der Waals surface area contributed by atoms with Crippen molar-refractivity contribution in [3.63, 3.8) is 0 Å². The molecule has 0 bridgehead atoms. The van der Waals surface area contributed by atoms with Crippen molar-refractivity contribution < 1.29 is 14.6 Å². The normalized spacial score (nSPS) is 9.15. The van der Waals surface area contributed by atoms with Gasteiger partial charge in [0.25, 0.3) is 0 Å². The van der Waals surface area contributed by atoms with Crippen LogP contribution in [0.1, 0.15) is 24.2 Å². The average molecular weight is 273 g/mol. The Morgan fingerprint density at radius 1 is 1.05 bits per heavy atom. The van der Waals surface area contributed by atoms with E-state index in [1.165, 1.54) is 0 Å². The molecule has 4 nitrogen and oxygen atoms in total. The number of carbonyl (C=O) groups is 1. The average Bonchev–Trinajstić information content (AvgIpc) is 2.50. The van der Waals surface area contributed by atoms with Crippen molar-refractivity contribution in [2.45, 2.75) is 13.8 Å². The molecule has 0 aliphatic heterocycles. The van der Waals surface area contributed by atoms with Gasteiger partial charge < -0.3 is 15.2 Å². The highest BCUT2D eigenvalue weighted by Crippen LogP contribution is 2.22. The molecular weight excluding hydrogens is 254 g/mol. The number of anilines is 2. The zero-order chi connectivity index (χ0) is 15.0. The first-order valence-electron chi connectivity index (χ1n) is 6.44. The minimum absolute atomic E-state index is 0.244. The van der Waals surface area contributed by atoms with Gasteiger partial charge in [0.05, 0.1) is 18.4 Å². The van der Waals surface area contributed by atoms with Crippen molar-refractivity contribution in [2.24, 2.45) is 0 Å². The van der Waals surface area contributed by atoms with Gasteiger partial charge in [-0.25, -0.2) is 4.79 Å². The molecule has 106 valence electrons. The van der Waals surface area contributed by atoms with Crippen LogP contribution in [0.2, 0.25) is 0 Å². The van der Waals surface area contributed by atoms with E-state index < -0.39 is 5.97 Å². The Kier molecular flexibility index (Phi) is 6.10. The Morgan fingerprint density at radius 3 is 2.20 bits per heavy atom. The summed E-state index contributed by atoms with van der Waals surface area (Å²) in [6, 6.07) is 14.1. The fraction of sp³-hybridized carbons (Fsp3) is 0.188. The lowest BCUT2D eigenvalue weighted by Gasteiger charge is -2.09. The van der Waals surface area contributed by atoms with E-state index in [1.54, 1.807) is 31.4 Å². The lowest BCUT2D eigenvalue weighted by Crippen LogP contribution is -2.02. The van der Waals surface area contributed by atoms with Crippen molar-refractivity contribution in [1.82, 2.24) is 0 Å². The second kappa shape index (κ2) is 7.84. The molecule has 0 aliphatic carbocycles. The maximum Gasteiger partial charge on any atom is 0.337 e. The van der Waals surface area contributed by atoms with Crippen LogP contribution in [0, 0.1) is 0 Å². The molecule has 0 amide bonds. The van der Waals surface area contributed by atoms with E-state index in [-0.39, 0.29) is 5.56 Å². The molecule has 4 heteroatoms. The van der Waals surface area contributed by atoms with Crippen LogP contribution in [0.15, 0.2) is 48.5 Å². The zero-order valence-electron chi connectivity index (χ0n) is 11.9. The molecular formula is C16H19NO3. The summed E-state index contributed by atoms with van der Waals surface area (Å²) in [4.78, 5) is 11.1. The number of nitrogens with one attached hydrogen (secondary N) is 1. The largest absolute Gasteiger partial charge is 0.497 e.